The van der Waals surface area contributed by atoms with Crippen molar-refractivity contribution in [2.75, 3.05) is 6.54 Å². The van der Waals surface area contributed by atoms with Crippen LogP contribution in [0.4, 0.5) is 13.2 Å². The van der Waals surface area contributed by atoms with Crippen LogP contribution in [0.25, 0.3) is 0 Å². The molecular weight excluding hydrogens is 257 g/mol. The molecule has 0 radical (unpaired) electrons. The van der Waals surface area contributed by atoms with Gasteiger partial charge in [-0.15, -0.1) is 0 Å². The van der Waals surface area contributed by atoms with Crippen LogP contribution in [0.3, 0.4) is 0 Å². The van der Waals surface area contributed by atoms with Crippen molar-refractivity contribution < 1.29 is 18.0 Å². The van der Waals surface area contributed by atoms with Gasteiger partial charge in [0.1, 0.15) is 0 Å². The Balaban J connectivity index is 2.05. The summed E-state index contributed by atoms with van der Waals surface area (Å²) in [6, 6.07) is 4.38. The lowest BCUT2D eigenvalue weighted by Crippen LogP contribution is -2.47. The Labute approximate surface area is 109 Å². The number of likely N-dealkylation sites (tertiary alicyclic amines) is 1. The number of piperidine rings is 1. The quantitative estimate of drug-likeness (QED) is 0.896. The topological polar surface area (TPSA) is 46.3 Å². The van der Waals surface area contributed by atoms with Gasteiger partial charge in [-0.1, -0.05) is 12.1 Å². The Kier molecular flexibility index (Phi) is 3.80. The summed E-state index contributed by atoms with van der Waals surface area (Å²) in [5, 5.41) is 0. The second-order valence-electron chi connectivity index (χ2n) is 4.70. The number of halogens is 3. The van der Waals surface area contributed by atoms with Crippen molar-refractivity contribution >= 4 is 5.91 Å². The molecule has 0 aliphatic carbocycles. The van der Waals surface area contributed by atoms with Crippen molar-refractivity contribution in [2.24, 2.45) is 5.73 Å². The highest BCUT2D eigenvalue weighted by Crippen LogP contribution is 2.29. The Morgan fingerprint density at radius 1 is 1.26 bits per heavy atom. The van der Waals surface area contributed by atoms with Crippen molar-refractivity contribution in [3.8, 4) is 0 Å². The minimum absolute atomic E-state index is 0.133. The number of nitrogens with two attached hydrogens (primary N) is 1. The number of hydrogen-bond donors (Lipinski definition) is 1. The number of alkyl halides is 3. The molecule has 1 amide bonds. The van der Waals surface area contributed by atoms with Gasteiger partial charge in [-0.2, -0.15) is 13.2 Å². The van der Waals surface area contributed by atoms with Gasteiger partial charge in [0.2, 0.25) is 5.91 Å². The lowest BCUT2D eigenvalue weighted by atomic mass is 10.0. The molecule has 0 saturated carbocycles. The summed E-state index contributed by atoms with van der Waals surface area (Å²) in [7, 11) is 0. The van der Waals surface area contributed by atoms with Gasteiger partial charge in [0.15, 0.2) is 0 Å². The van der Waals surface area contributed by atoms with Crippen molar-refractivity contribution in [3.63, 3.8) is 0 Å². The van der Waals surface area contributed by atoms with Gasteiger partial charge in [0.25, 0.3) is 0 Å². The molecule has 1 aliphatic rings. The Morgan fingerprint density at radius 3 is 2.47 bits per heavy atom. The van der Waals surface area contributed by atoms with Crippen LogP contribution in [0.1, 0.15) is 24.0 Å². The molecule has 1 fully saturated rings. The predicted octanol–water partition coefficient (Wildman–Crippen LogP) is 2.16. The highest BCUT2D eigenvalue weighted by Gasteiger charge is 2.30. The van der Waals surface area contributed by atoms with Gasteiger partial charge in [-0.25, -0.2) is 0 Å². The molecule has 0 spiro atoms. The highest BCUT2D eigenvalue weighted by molar-refractivity contribution is 5.82. The Morgan fingerprint density at radius 2 is 1.89 bits per heavy atom. The maximum atomic E-state index is 12.4. The normalized spacial score (nSPS) is 20.7. The zero-order chi connectivity index (χ0) is 14.0. The van der Waals surface area contributed by atoms with E-state index in [4.69, 9.17) is 5.73 Å². The van der Waals surface area contributed by atoms with E-state index < -0.39 is 17.8 Å². The molecule has 0 aromatic heterocycles. The summed E-state index contributed by atoms with van der Waals surface area (Å²) in [5.41, 5.74) is 5.66. The van der Waals surface area contributed by atoms with Crippen molar-refractivity contribution in [2.45, 2.75) is 31.6 Å². The summed E-state index contributed by atoms with van der Waals surface area (Å²) in [6.45, 7) is 0.915. The first-order valence-electron chi connectivity index (χ1n) is 6.08. The molecule has 2 rings (SSSR count). The number of benzene rings is 1. The summed E-state index contributed by atoms with van der Waals surface area (Å²) >= 11 is 0. The lowest BCUT2D eigenvalue weighted by molar-refractivity contribution is -0.138. The van der Waals surface area contributed by atoms with Gasteiger partial charge >= 0.3 is 6.18 Å². The van der Waals surface area contributed by atoms with Crippen LogP contribution >= 0.6 is 0 Å². The first-order valence-corrected chi connectivity index (χ1v) is 6.08. The predicted molar refractivity (Wildman–Crippen MR) is 64.1 cm³/mol. The molecule has 0 bridgehead atoms. The molecule has 19 heavy (non-hydrogen) atoms. The van der Waals surface area contributed by atoms with Crippen LogP contribution in [0.15, 0.2) is 24.3 Å². The molecule has 1 aliphatic heterocycles. The standard InChI is InChI=1S/C13H15F3N2O/c14-13(15,16)10-5-3-9(4-6-10)8-18-7-1-2-11(17)12(18)19/h3-6,11H,1-2,7-8,17H2. The summed E-state index contributed by atoms with van der Waals surface area (Å²) < 4.78 is 37.2. The van der Waals surface area contributed by atoms with Crippen molar-refractivity contribution in [1.82, 2.24) is 4.90 Å². The maximum absolute atomic E-state index is 12.4. The fourth-order valence-corrected chi connectivity index (χ4v) is 2.15. The van der Waals surface area contributed by atoms with Crippen LogP contribution in [0, 0.1) is 0 Å². The molecule has 1 heterocycles. The summed E-state index contributed by atoms with van der Waals surface area (Å²) in [6.07, 6.45) is -2.84. The van der Waals surface area contributed by atoms with E-state index in [9.17, 15) is 18.0 Å². The summed E-state index contributed by atoms with van der Waals surface area (Å²) in [4.78, 5) is 13.4. The SMILES string of the molecule is NC1CCCN(Cc2ccc(C(F)(F)F)cc2)C1=O. The van der Waals surface area contributed by atoms with E-state index in [1.54, 1.807) is 4.90 Å². The molecule has 1 atom stereocenters. The summed E-state index contributed by atoms with van der Waals surface area (Å²) in [5.74, 6) is -0.133. The molecule has 1 aromatic rings. The van der Waals surface area contributed by atoms with E-state index in [0.717, 1.165) is 18.6 Å². The number of amides is 1. The Hall–Kier alpha value is -1.56. The van der Waals surface area contributed by atoms with Crippen LogP contribution in [0.5, 0.6) is 0 Å². The molecule has 3 nitrogen and oxygen atoms in total. The molecule has 1 aromatic carbocycles. The zero-order valence-corrected chi connectivity index (χ0v) is 10.3. The van der Waals surface area contributed by atoms with E-state index in [1.807, 2.05) is 0 Å². The largest absolute Gasteiger partial charge is 0.416 e. The van der Waals surface area contributed by atoms with Gasteiger partial charge in [0.05, 0.1) is 11.6 Å². The number of carbonyl (C=O) groups excluding carboxylic acids is 1. The maximum Gasteiger partial charge on any atom is 0.416 e. The fraction of sp³-hybridized carbons (Fsp3) is 0.462. The smallest absolute Gasteiger partial charge is 0.337 e. The van der Waals surface area contributed by atoms with Crippen molar-refractivity contribution in [3.05, 3.63) is 35.4 Å². The van der Waals surface area contributed by atoms with Crippen molar-refractivity contribution in [1.29, 1.82) is 0 Å². The highest BCUT2D eigenvalue weighted by atomic mass is 19.4. The fourth-order valence-electron chi connectivity index (χ4n) is 2.15. The zero-order valence-electron chi connectivity index (χ0n) is 10.3. The molecule has 1 unspecified atom stereocenters. The van der Waals surface area contributed by atoms with Crippen LogP contribution < -0.4 is 5.73 Å². The minimum atomic E-state index is -4.33. The molecule has 6 heteroatoms. The average Bonchev–Trinajstić information content (AvgIpc) is 2.35. The second-order valence-corrected chi connectivity index (χ2v) is 4.70. The van der Waals surface area contributed by atoms with Gasteiger partial charge in [0, 0.05) is 13.1 Å². The second kappa shape index (κ2) is 5.21. The number of nitrogens with zero attached hydrogens (tertiary/aromatic N) is 1. The third-order valence-corrected chi connectivity index (χ3v) is 3.23. The van der Waals surface area contributed by atoms with Crippen LogP contribution in [-0.4, -0.2) is 23.4 Å². The first kappa shape index (κ1) is 13.9. The molecule has 2 N–H and O–H groups in total. The van der Waals surface area contributed by atoms with E-state index in [1.165, 1.54) is 12.1 Å². The average molecular weight is 272 g/mol. The van der Waals surface area contributed by atoms with E-state index in [2.05, 4.69) is 0 Å². The van der Waals surface area contributed by atoms with Gasteiger partial charge in [-0.3, -0.25) is 4.79 Å². The Bertz CT molecular complexity index is 456. The molecular formula is C13H15F3N2O. The monoisotopic (exact) mass is 272 g/mol. The van der Waals surface area contributed by atoms with E-state index in [0.29, 0.717) is 25.1 Å². The minimum Gasteiger partial charge on any atom is -0.337 e. The van der Waals surface area contributed by atoms with Gasteiger partial charge in [-0.05, 0) is 30.5 Å². The molecule has 104 valence electrons. The van der Waals surface area contributed by atoms with E-state index in [-0.39, 0.29) is 5.91 Å². The van der Waals surface area contributed by atoms with Crippen LogP contribution in [0.2, 0.25) is 0 Å². The van der Waals surface area contributed by atoms with E-state index >= 15 is 0 Å². The lowest BCUT2D eigenvalue weighted by Gasteiger charge is -2.30. The number of hydrogen-bond acceptors (Lipinski definition) is 2. The third kappa shape index (κ3) is 3.26. The number of carbonyl (C=O) groups is 1. The van der Waals surface area contributed by atoms with Crippen LogP contribution in [-0.2, 0) is 17.5 Å². The number of rotatable bonds is 2. The first-order chi connectivity index (χ1) is 8.88. The molecule has 1 saturated heterocycles. The van der Waals surface area contributed by atoms with Gasteiger partial charge < -0.3 is 10.6 Å². The third-order valence-electron chi connectivity index (χ3n) is 3.23.